The Labute approximate surface area is 171 Å². The van der Waals surface area contributed by atoms with Crippen molar-refractivity contribution in [1.29, 1.82) is 0 Å². The largest absolute Gasteiger partial charge is 0.419 e. The van der Waals surface area contributed by atoms with Crippen LogP contribution in [0.3, 0.4) is 0 Å². The van der Waals surface area contributed by atoms with Gasteiger partial charge in [0.05, 0.1) is 0 Å². The molecule has 158 valence electrons. The maximum Gasteiger partial charge on any atom is 0.350 e. The second-order valence-corrected chi connectivity index (χ2v) is 7.17. The molecule has 0 saturated carbocycles. The molecule has 11 nitrogen and oxygen atoms in total. The summed E-state index contributed by atoms with van der Waals surface area (Å²) in [5.41, 5.74) is -0.654. The predicted molar refractivity (Wildman–Crippen MR) is 100 cm³/mol. The summed E-state index contributed by atoms with van der Waals surface area (Å²) in [5, 5.41) is 5.38. The van der Waals surface area contributed by atoms with Crippen molar-refractivity contribution in [2.24, 2.45) is 0 Å². The monoisotopic (exact) mass is 417 g/mol. The Morgan fingerprint density at radius 1 is 0.700 bits per heavy atom. The van der Waals surface area contributed by atoms with E-state index < -0.39 is 35.5 Å². The number of nitrogens with zero attached hydrogens (tertiary/aromatic N) is 1. The minimum atomic E-state index is -1.34. The maximum absolute atomic E-state index is 11.9. The van der Waals surface area contributed by atoms with Gasteiger partial charge < -0.3 is 29.6 Å². The van der Waals surface area contributed by atoms with Crippen LogP contribution in [0.4, 0.5) is 11.6 Å². The summed E-state index contributed by atoms with van der Waals surface area (Å²) in [7, 11) is 0. The molecule has 2 aliphatic heterocycles. The number of nitrogens with one attached hydrogen (secondary N) is 2. The second-order valence-electron chi connectivity index (χ2n) is 7.17. The lowest BCUT2D eigenvalue weighted by Crippen LogP contribution is -2.42. The molecule has 1 aromatic rings. The summed E-state index contributed by atoms with van der Waals surface area (Å²) < 4.78 is 20.0. The van der Waals surface area contributed by atoms with Gasteiger partial charge in [0.25, 0.3) is 11.6 Å². The standard InChI is InChI=1S/C19H19N3O8/c1-18(2)27-14(23)10(15(24)28-18)8-20-12-6-5-7-13(22-12)21-9-11-16(25)29-19(3,4)30-17(11)26/h5-9H,1-4H3,(H2,20,21,22). The first-order chi connectivity index (χ1) is 14.0. The van der Waals surface area contributed by atoms with Crippen LogP contribution in [0.1, 0.15) is 27.7 Å². The number of hydrogen-bond acceptors (Lipinski definition) is 11. The molecule has 0 unspecified atom stereocenters. The second kappa shape index (κ2) is 7.50. The van der Waals surface area contributed by atoms with E-state index in [0.717, 1.165) is 12.4 Å². The number of esters is 4. The van der Waals surface area contributed by atoms with Crippen LogP contribution in [0.2, 0.25) is 0 Å². The molecule has 0 aliphatic carbocycles. The third kappa shape index (κ3) is 4.74. The van der Waals surface area contributed by atoms with Crippen molar-refractivity contribution in [1.82, 2.24) is 4.98 Å². The average molecular weight is 417 g/mol. The molecule has 1 aromatic heterocycles. The van der Waals surface area contributed by atoms with E-state index in [1.165, 1.54) is 27.7 Å². The summed E-state index contributed by atoms with van der Waals surface area (Å²) >= 11 is 0. The molecular formula is C19H19N3O8. The van der Waals surface area contributed by atoms with Gasteiger partial charge in [0.2, 0.25) is 0 Å². The number of anilines is 2. The summed E-state index contributed by atoms with van der Waals surface area (Å²) in [6, 6.07) is 4.73. The number of carbonyl (C=O) groups is 4. The molecule has 0 amide bonds. The number of pyridine rings is 1. The van der Waals surface area contributed by atoms with Gasteiger partial charge in [-0.05, 0) is 12.1 Å². The van der Waals surface area contributed by atoms with Gasteiger partial charge in [0.1, 0.15) is 11.6 Å². The fourth-order valence-electron chi connectivity index (χ4n) is 2.44. The quantitative estimate of drug-likeness (QED) is 0.416. The van der Waals surface area contributed by atoms with Gasteiger partial charge in [0, 0.05) is 40.1 Å². The molecule has 0 atom stereocenters. The van der Waals surface area contributed by atoms with Gasteiger partial charge in [-0.25, -0.2) is 24.2 Å². The summed E-state index contributed by atoms with van der Waals surface area (Å²) in [6.45, 7) is 5.77. The zero-order valence-electron chi connectivity index (χ0n) is 16.6. The van der Waals surface area contributed by atoms with Gasteiger partial charge in [-0.2, -0.15) is 0 Å². The van der Waals surface area contributed by atoms with E-state index in [0.29, 0.717) is 0 Å². The number of hydrogen-bond donors (Lipinski definition) is 2. The van der Waals surface area contributed by atoms with Crippen molar-refractivity contribution in [3.8, 4) is 0 Å². The third-order valence-electron chi connectivity index (χ3n) is 3.71. The van der Waals surface area contributed by atoms with Crippen LogP contribution < -0.4 is 10.6 Å². The summed E-state index contributed by atoms with van der Waals surface area (Å²) in [5.74, 6) is -5.49. The van der Waals surface area contributed by atoms with E-state index in [1.807, 2.05) is 0 Å². The highest BCUT2D eigenvalue weighted by molar-refractivity contribution is 6.16. The third-order valence-corrected chi connectivity index (χ3v) is 3.71. The molecular weight excluding hydrogens is 398 g/mol. The SMILES string of the molecule is CC1(C)OC(=O)C(=CNc2cccc(NC=C3C(=O)OC(C)(C)OC3=O)n2)C(=O)O1. The van der Waals surface area contributed by atoms with Crippen molar-refractivity contribution in [2.75, 3.05) is 10.6 Å². The molecule has 0 radical (unpaired) electrons. The Kier molecular flexibility index (Phi) is 5.21. The normalized spacial score (nSPS) is 19.7. The Morgan fingerprint density at radius 3 is 1.37 bits per heavy atom. The average Bonchev–Trinajstić information content (AvgIpc) is 2.58. The highest BCUT2D eigenvalue weighted by Crippen LogP contribution is 2.24. The molecule has 2 N–H and O–H groups in total. The fraction of sp³-hybridized carbons (Fsp3) is 0.316. The van der Waals surface area contributed by atoms with Crippen LogP contribution in [-0.2, 0) is 38.1 Å². The molecule has 0 aromatic carbocycles. The highest BCUT2D eigenvalue weighted by Gasteiger charge is 2.40. The lowest BCUT2D eigenvalue weighted by atomic mass is 10.2. The topological polar surface area (TPSA) is 142 Å². The Balaban J connectivity index is 1.70. The highest BCUT2D eigenvalue weighted by atomic mass is 16.7. The minimum absolute atomic E-state index is 0.256. The van der Waals surface area contributed by atoms with Gasteiger partial charge in [-0.3, -0.25) is 0 Å². The predicted octanol–water partition coefficient (Wildman–Crippen LogP) is 1.35. The van der Waals surface area contributed by atoms with Gasteiger partial charge in [-0.15, -0.1) is 0 Å². The van der Waals surface area contributed by atoms with Crippen LogP contribution in [0, 0.1) is 0 Å². The Bertz CT molecular complexity index is 874. The van der Waals surface area contributed by atoms with Crippen LogP contribution >= 0.6 is 0 Å². The maximum atomic E-state index is 11.9. The first-order valence-electron chi connectivity index (χ1n) is 8.80. The number of aromatic nitrogens is 1. The number of rotatable bonds is 4. The van der Waals surface area contributed by atoms with Crippen molar-refractivity contribution in [3.63, 3.8) is 0 Å². The summed E-state index contributed by atoms with van der Waals surface area (Å²) in [4.78, 5) is 51.9. The molecule has 3 heterocycles. The van der Waals surface area contributed by atoms with E-state index in [1.54, 1.807) is 18.2 Å². The first-order valence-corrected chi connectivity index (χ1v) is 8.80. The van der Waals surface area contributed by atoms with Crippen molar-refractivity contribution < 1.29 is 38.1 Å². The van der Waals surface area contributed by atoms with Crippen LogP contribution in [0.25, 0.3) is 0 Å². The van der Waals surface area contributed by atoms with E-state index in [9.17, 15) is 19.2 Å². The van der Waals surface area contributed by atoms with Gasteiger partial charge >= 0.3 is 23.9 Å². The molecule has 2 saturated heterocycles. The van der Waals surface area contributed by atoms with Crippen LogP contribution in [0.15, 0.2) is 41.7 Å². The van der Waals surface area contributed by atoms with Crippen molar-refractivity contribution >= 4 is 35.5 Å². The zero-order chi connectivity index (χ0) is 22.1. The fourth-order valence-corrected chi connectivity index (χ4v) is 2.44. The Morgan fingerprint density at radius 2 is 1.03 bits per heavy atom. The van der Waals surface area contributed by atoms with Crippen LogP contribution in [0.5, 0.6) is 0 Å². The molecule has 0 bridgehead atoms. The first kappa shape index (κ1) is 20.8. The Hall–Kier alpha value is -3.89. The molecule has 0 spiro atoms. The molecule has 11 heteroatoms. The van der Waals surface area contributed by atoms with E-state index >= 15 is 0 Å². The minimum Gasteiger partial charge on any atom is -0.419 e. The van der Waals surface area contributed by atoms with Crippen molar-refractivity contribution in [2.45, 2.75) is 39.3 Å². The molecule has 2 fully saturated rings. The summed E-state index contributed by atoms with van der Waals surface area (Å²) in [6.07, 6.45) is 2.23. The van der Waals surface area contributed by atoms with Crippen molar-refractivity contribution in [3.05, 3.63) is 41.7 Å². The number of ether oxygens (including phenoxy) is 4. The van der Waals surface area contributed by atoms with Crippen LogP contribution in [-0.4, -0.2) is 40.4 Å². The lowest BCUT2D eigenvalue weighted by Gasteiger charge is -2.29. The van der Waals surface area contributed by atoms with Gasteiger partial charge in [0.15, 0.2) is 11.1 Å². The lowest BCUT2D eigenvalue weighted by molar-refractivity contribution is -0.224. The number of cyclic esters (lactones) is 4. The molecule has 30 heavy (non-hydrogen) atoms. The smallest absolute Gasteiger partial charge is 0.350 e. The van der Waals surface area contributed by atoms with E-state index in [4.69, 9.17) is 18.9 Å². The molecule has 3 rings (SSSR count). The zero-order valence-corrected chi connectivity index (χ0v) is 16.6. The molecule has 2 aliphatic rings. The van der Waals surface area contributed by atoms with E-state index in [2.05, 4.69) is 15.6 Å². The van der Waals surface area contributed by atoms with E-state index in [-0.39, 0.29) is 22.8 Å². The van der Waals surface area contributed by atoms with Gasteiger partial charge in [-0.1, -0.05) is 6.07 Å². The number of carbonyl (C=O) groups excluding carboxylic acids is 4.